The smallest absolute Gasteiger partial charge is 0.322 e. The summed E-state index contributed by atoms with van der Waals surface area (Å²) in [6.45, 7) is 5.48. The molecule has 3 rings (SSSR count). The number of hydrogen-bond donors (Lipinski definition) is 2. The molecule has 0 atom stereocenters. The van der Waals surface area contributed by atoms with Crippen molar-refractivity contribution in [2.75, 3.05) is 18.0 Å². The van der Waals surface area contributed by atoms with Gasteiger partial charge in [-0.3, -0.25) is 9.59 Å². The molecule has 0 aliphatic heterocycles. The number of nitrogens with one attached hydrogen (secondary N) is 1. The zero-order valence-corrected chi connectivity index (χ0v) is 18.6. The number of carboxylic acid groups (broad SMARTS) is 1. The van der Waals surface area contributed by atoms with Gasteiger partial charge in [0.2, 0.25) is 0 Å². The third-order valence-electron chi connectivity index (χ3n) is 4.87. The predicted octanol–water partition coefficient (Wildman–Crippen LogP) is 4.74. The third kappa shape index (κ3) is 6.15. The van der Waals surface area contributed by atoms with Crippen molar-refractivity contribution in [1.82, 2.24) is 10.3 Å². The van der Waals surface area contributed by atoms with E-state index < -0.39 is 12.5 Å². The molecule has 1 heterocycles. The van der Waals surface area contributed by atoms with Crippen LogP contribution in [0.3, 0.4) is 0 Å². The molecule has 0 aliphatic carbocycles. The van der Waals surface area contributed by atoms with Crippen LogP contribution in [0.5, 0.6) is 0 Å². The van der Waals surface area contributed by atoms with Crippen LogP contribution in [0.25, 0.3) is 11.3 Å². The van der Waals surface area contributed by atoms with Gasteiger partial charge in [0.05, 0.1) is 5.69 Å². The Morgan fingerprint density at radius 2 is 1.81 bits per heavy atom. The molecule has 0 saturated heterocycles. The number of aryl methyl sites for hydroxylation is 1. The van der Waals surface area contributed by atoms with E-state index >= 15 is 0 Å². The lowest BCUT2D eigenvalue weighted by molar-refractivity contribution is -0.135. The number of aromatic nitrogens is 1. The highest BCUT2D eigenvalue weighted by molar-refractivity contribution is 7.16. The second-order valence-electron chi connectivity index (χ2n) is 7.32. The minimum Gasteiger partial charge on any atom is -0.480 e. The first-order valence-corrected chi connectivity index (χ1v) is 11.2. The maximum Gasteiger partial charge on any atom is 0.322 e. The number of unbranched alkanes of at least 4 members (excludes halogenated alkanes) is 1. The molecule has 7 heteroatoms. The number of anilines is 1. The van der Waals surface area contributed by atoms with Gasteiger partial charge >= 0.3 is 5.97 Å². The van der Waals surface area contributed by atoms with Gasteiger partial charge in [-0.15, -0.1) is 11.3 Å². The third-order valence-corrected chi connectivity index (χ3v) is 5.91. The normalized spacial score (nSPS) is 10.6. The van der Waals surface area contributed by atoms with Crippen LogP contribution in [0, 0.1) is 6.92 Å². The number of hydrogen-bond acceptors (Lipinski definition) is 5. The van der Waals surface area contributed by atoms with Crippen LogP contribution >= 0.6 is 11.3 Å². The van der Waals surface area contributed by atoms with E-state index in [1.807, 2.05) is 30.3 Å². The standard InChI is InChI=1S/C24H27N3O3S/c1-3-4-14-27(24-26-22(17(2)31-24)19-8-6-5-7-9-19)16-18-10-12-20(13-11-18)23(30)25-15-21(28)29/h5-13H,3-4,14-16H2,1-2H3,(H,25,30)(H,28,29). The van der Waals surface area contributed by atoms with Crippen molar-refractivity contribution >= 4 is 28.3 Å². The Kier molecular flexibility index (Phi) is 7.78. The number of carbonyl (C=O) groups is 2. The summed E-state index contributed by atoms with van der Waals surface area (Å²) in [7, 11) is 0. The average Bonchev–Trinajstić information content (AvgIpc) is 3.17. The van der Waals surface area contributed by atoms with E-state index in [0.29, 0.717) is 12.1 Å². The zero-order chi connectivity index (χ0) is 22.2. The van der Waals surface area contributed by atoms with E-state index in [1.54, 1.807) is 23.5 Å². The molecule has 3 aromatic rings. The van der Waals surface area contributed by atoms with Crippen molar-refractivity contribution in [2.45, 2.75) is 33.2 Å². The lowest BCUT2D eigenvalue weighted by atomic mass is 10.1. The summed E-state index contributed by atoms with van der Waals surface area (Å²) in [4.78, 5) is 31.1. The molecular weight excluding hydrogens is 410 g/mol. The highest BCUT2D eigenvalue weighted by atomic mass is 32.1. The van der Waals surface area contributed by atoms with E-state index in [4.69, 9.17) is 10.1 Å². The van der Waals surface area contributed by atoms with E-state index in [2.05, 4.69) is 36.2 Å². The summed E-state index contributed by atoms with van der Waals surface area (Å²) < 4.78 is 0. The maximum atomic E-state index is 12.0. The Balaban J connectivity index is 1.76. The monoisotopic (exact) mass is 437 g/mol. The summed E-state index contributed by atoms with van der Waals surface area (Å²) in [5.74, 6) is -1.45. The molecule has 2 N–H and O–H groups in total. The molecule has 31 heavy (non-hydrogen) atoms. The molecule has 162 valence electrons. The Morgan fingerprint density at radius 1 is 1.10 bits per heavy atom. The second-order valence-corrected chi connectivity index (χ2v) is 8.50. The average molecular weight is 438 g/mol. The number of carbonyl (C=O) groups excluding carboxylic acids is 1. The van der Waals surface area contributed by atoms with Gasteiger partial charge in [0.15, 0.2) is 5.13 Å². The SMILES string of the molecule is CCCCN(Cc1ccc(C(=O)NCC(=O)O)cc1)c1nc(-c2ccccc2)c(C)s1. The fourth-order valence-corrected chi connectivity index (χ4v) is 4.17. The first kappa shape index (κ1) is 22.5. The highest BCUT2D eigenvalue weighted by Gasteiger charge is 2.16. The van der Waals surface area contributed by atoms with Crippen LogP contribution in [-0.2, 0) is 11.3 Å². The molecule has 1 aromatic heterocycles. The molecule has 0 bridgehead atoms. The maximum absolute atomic E-state index is 12.0. The van der Waals surface area contributed by atoms with Gasteiger partial charge in [0.25, 0.3) is 5.91 Å². The van der Waals surface area contributed by atoms with Crippen LogP contribution in [0.15, 0.2) is 54.6 Å². The Morgan fingerprint density at radius 3 is 2.45 bits per heavy atom. The predicted molar refractivity (Wildman–Crippen MR) is 125 cm³/mol. The van der Waals surface area contributed by atoms with Crippen LogP contribution < -0.4 is 10.2 Å². The van der Waals surface area contributed by atoms with Gasteiger partial charge in [-0.25, -0.2) is 4.98 Å². The van der Waals surface area contributed by atoms with Crippen molar-refractivity contribution in [2.24, 2.45) is 0 Å². The Labute approximate surface area is 186 Å². The lowest BCUT2D eigenvalue weighted by Gasteiger charge is -2.22. The number of carboxylic acids is 1. The summed E-state index contributed by atoms with van der Waals surface area (Å²) in [5.41, 5.74) is 3.66. The molecule has 0 saturated carbocycles. The van der Waals surface area contributed by atoms with E-state index in [-0.39, 0.29) is 5.91 Å². The van der Waals surface area contributed by atoms with Crippen molar-refractivity contribution < 1.29 is 14.7 Å². The first-order valence-electron chi connectivity index (χ1n) is 10.3. The summed E-state index contributed by atoms with van der Waals surface area (Å²) >= 11 is 1.70. The van der Waals surface area contributed by atoms with E-state index in [9.17, 15) is 9.59 Å². The quantitative estimate of drug-likeness (QED) is 0.479. The van der Waals surface area contributed by atoms with Gasteiger partial charge < -0.3 is 15.3 Å². The van der Waals surface area contributed by atoms with Crippen LogP contribution in [0.4, 0.5) is 5.13 Å². The van der Waals surface area contributed by atoms with Gasteiger partial charge in [-0.2, -0.15) is 0 Å². The first-order chi connectivity index (χ1) is 15.0. The molecule has 0 unspecified atom stereocenters. The number of aliphatic carboxylic acids is 1. The van der Waals surface area contributed by atoms with Gasteiger partial charge in [-0.1, -0.05) is 55.8 Å². The molecule has 0 aliphatic rings. The molecule has 0 fully saturated rings. The number of rotatable bonds is 10. The minimum absolute atomic E-state index is 0.389. The zero-order valence-electron chi connectivity index (χ0n) is 17.8. The Hall–Kier alpha value is -3.19. The van der Waals surface area contributed by atoms with Gasteiger partial charge in [-0.05, 0) is 31.0 Å². The number of nitrogens with zero attached hydrogens (tertiary/aromatic N) is 2. The van der Waals surface area contributed by atoms with Crippen molar-refractivity contribution in [3.63, 3.8) is 0 Å². The van der Waals surface area contributed by atoms with Crippen LogP contribution in [0.2, 0.25) is 0 Å². The van der Waals surface area contributed by atoms with Crippen molar-refractivity contribution in [3.05, 3.63) is 70.6 Å². The van der Waals surface area contributed by atoms with Crippen molar-refractivity contribution in [3.8, 4) is 11.3 Å². The highest BCUT2D eigenvalue weighted by Crippen LogP contribution is 2.33. The van der Waals surface area contributed by atoms with Crippen LogP contribution in [0.1, 0.15) is 40.6 Å². The topological polar surface area (TPSA) is 82.5 Å². The molecule has 6 nitrogen and oxygen atoms in total. The fraction of sp³-hybridized carbons (Fsp3) is 0.292. The largest absolute Gasteiger partial charge is 0.480 e. The van der Waals surface area contributed by atoms with E-state index in [0.717, 1.165) is 41.3 Å². The van der Waals surface area contributed by atoms with Gasteiger partial charge in [0.1, 0.15) is 6.54 Å². The van der Waals surface area contributed by atoms with Crippen molar-refractivity contribution in [1.29, 1.82) is 0 Å². The number of benzene rings is 2. The molecule has 1 amide bonds. The van der Waals surface area contributed by atoms with E-state index in [1.165, 1.54) is 4.88 Å². The summed E-state index contributed by atoms with van der Waals surface area (Å²) in [6, 6.07) is 17.5. The molecule has 0 spiro atoms. The molecular formula is C24H27N3O3S. The molecule has 0 radical (unpaired) electrons. The van der Waals surface area contributed by atoms with Crippen LogP contribution in [-0.4, -0.2) is 35.1 Å². The van der Waals surface area contributed by atoms with Gasteiger partial charge in [0, 0.05) is 29.1 Å². The Bertz CT molecular complexity index is 1020. The number of amides is 1. The summed E-state index contributed by atoms with van der Waals surface area (Å²) in [6.07, 6.45) is 2.16. The minimum atomic E-state index is -1.06. The lowest BCUT2D eigenvalue weighted by Crippen LogP contribution is -2.29. The summed E-state index contributed by atoms with van der Waals surface area (Å²) in [5, 5.41) is 12.1. The molecule has 2 aromatic carbocycles. The fourth-order valence-electron chi connectivity index (χ4n) is 3.21. The second kappa shape index (κ2) is 10.7. The number of thiazole rings is 1.